The molecule has 0 atom stereocenters. The first-order chi connectivity index (χ1) is 6.84. The van der Waals surface area contributed by atoms with E-state index in [1.165, 1.54) is 0 Å². The average Bonchev–Trinajstić information content (AvgIpc) is 2.25. The minimum absolute atomic E-state index is 0.211. The van der Waals surface area contributed by atoms with Gasteiger partial charge in [0.1, 0.15) is 0 Å². The number of benzene rings is 1. The summed E-state index contributed by atoms with van der Waals surface area (Å²) in [5, 5.41) is 0. The van der Waals surface area contributed by atoms with Crippen molar-refractivity contribution in [1.82, 2.24) is 0 Å². The van der Waals surface area contributed by atoms with Crippen LogP contribution in [0.2, 0.25) is 0 Å². The van der Waals surface area contributed by atoms with Crippen LogP contribution in [0.1, 0.15) is 36.0 Å². The quantitative estimate of drug-likeness (QED) is 0.392. The van der Waals surface area contributed by atoms with E-state index in [9.17, 15) is 4.79 Å². The molecular weight excluding hydrogens is 172 g/mol. The molecule has 0 amide bonds. The molecule has 1 nitrogen and oxygen atoms in total. The molecule has 72 valence electrons. The van der Waals surface area contributed by atoms with Gasteiger partial charge in [0, 0.05) is 18.4 Å². The van der Waals surface area contributed by atoms with Gasteiger partial charge in [-0.3, -0.25) is 4.79 Å². The van der Waals surface area contributed by atoms with Crippen molar-refractivity contribution in [2.45, 2.75) is 25.7 Å². The Bertz CT molecular complexity index is 319. The molecule has 0 saturated heterocycles. The highest BCUT2D eigenvalue weighted by atomic mass is 16.1. The van der Waals surface area contributed by atoms with Gasteiger partial charge in [-0.25, -0.2) is 0 Å². The van der Waals surface area contributed by atoms with Crippen molar-refractivity contribution in [3.8, 4) is 12.3 Å². The molecule has 0 N–H and O–H groups in total. The Kier molecular flexibility index (Phi) is 4.50. The van der Waals surface area contributed by atoms with Crippen LogP contribution in [-0.4, -0.2) is 5.78 Å². The Balaban J connectivity index is 2.33. The second kappa shape index (κ2) is 5.99. The zero-order valence-electron chi connectivity index (χ0n) is 8.20. The van der Waals surface area contributed by atoms with Crippen molar-refractivity contribution >= 4 is 5.78 Å². The molecule has 0 fully saturated rings. The van der Waals surface area contributed by atoms with E-state index in [1.807, 2.05) is 30.3 Å². The predicted octanol–water partition coefficient (Wildman–Crippen LogP) is 3.06. The summed E-state index contributed by atoms with van der Waals surface area (Å²) in [7, 11) is 0. The Hall–Kier alpha value is -1.55. The summed E-state index contributed by atoms with van der Waals surface area (Å²) >= 11 is 0. The molecule has 1 aromatic rings. The molecule has 0 bridgehead atoms. The predicted molar refractivity (Wildman–Crippen MR) is 58.1 cm³/mol. The molecular formula is C13H14O. The molecule has 0 unspecified atom stereocenters. The van der Waals surface area contributed by atoms with Gasteiger partial charge in [-0.15, -0.1) is 12.3 Å². The summed E-state index contributed by atoms with van der Waals surface area (Å²) in [5.41, 5.74) is 0.799. The Labute approximate surface area is 85.1 Å². The van der Waals surface area contributed by atoms with E-state index >= 15 is 0 Å². The first-order valence-electron chi connectivity index (χ1n) is 4.86. The Morgan fingerprint density at radius 1 is 1.21 bits per heavy atom. The lowest BCUT2D eigenvalue weighted by Gasteiger charge is -1.99. The highest BCUT2D eigenvalue weighted by Gasteiger charge is 2.03. The maximum absolute atomic E-state index is 11.6. The van der Waals surface area contributed by atoms with Gasteiger partial charge in [0.05, 0.1) is 0 Å². The highest BCUT2D eigenvalue weighted by Crippen LogP contribution is 2.07. The topological polar surface area (TPSA) is 17.1 Å². The third-order valence-corrected chi connectivity index (χ3v) is 2.07. The average molecular weight is 186 g/mol. The summed E-state index contributed by atoms with van der Waals surface area (Å²) in [6.07, 6.45) is 8.32. The van der Waals surface area contributed by atoms with Crippen LogP contribution in [0.25, 0.3) is 0 Å². The number of rotatable bonds is 5. The van der Waals surface area contributed by atoms with Gasteiger partial charge in [0.15, 0.2) is 5.78 Å². The van der Waals surface area contributed by atoms with Crippen LogP contribution in [-0.2, 0) is 0 Å². The summed E-state index contributed by atoms with van der Waals surface area (Å²) in [6, 6.07) is 9.38. The fourth-order valence-corrected chi connectivity index (χ4v) is 1.28. The number of carbonyl (C=O) groups excluding carboxylic acids is 1. The number of hydrogen-bond acceptors (Lipinski definition) is 1. The van der Waals surface area contributed by atoms with Crippen molar-refractivity contribution < 1.29 is 4.79 Å². The summed E-state index contributed by atoms with van der Waals surface area (Å²) in [4.78, 5) is 11.6. The molecule has 0 aromatic heterocycles. The van der Waals surface area contributed by atoms with E-state index in [0.717, 1.165) is 24.8 Å². The molecule has 1 aromatic carbocycles. The molecule has 1 rings (SSSR count). The SMILES string of the molecule is C#CCCCCC(=O)c1ccccc1. The summed E-state index contributed by atoms with van der Waals surface area (Å²) in [6.45, 7) is 0. The third kappa shape index (κ3) is 3.45. The first-order valence-corrected chi connectivity index (χ1v) is 4.86. The van der Waals surface area contributed by atoms with E-state index in [4.69, 9.17) is 6.42 Å². The fourth-order valence-electron chi connectivity index (χ4n) is 1.28. The molecule has 1 heteroatoms. The number of terminal acetylenes is 1. The van der Waals surface area contributed by atoms with Crippen molar-refractivity contribution in [1.29, 1.82) is 0 Å². The van der Waals surface area contributed by atoms with Crippen LogP contribution >= 0.6 is 0 Å². The Morgan fingerprint density at radius 2 is 1.93 bits per heavy atom. The van der Waals surface area contributed by atoms with Crippen LogP contribution in [0.4, 0.5) is 0 Å². The summed E-state index contributed by atoms with van der Waals surface area (Å²) < 4.78 is 0. The van der Waals surface area contributed by atoms with Gasteiger partial charge < -0.3 is 0 Å². The van der Waals surface area contributed by atoms with Crippen LogP contribution in [0.3, 0.4) is 0 Å². The van der Waals surface area contributed by atoms with Gasteiger partial charge in [-0.05, 0) is 12.8 Å². The maximum Gasteiger partial charge on any atom is 0.162 e. The number of hydrogen-bond donors (Lipinski definition) is 0. The second-order valence-electron chi connectivity index (χ2n) is 3.20. The molecule has 0 spiro atoms. The maximum atomic E-state index is 11.6. The normalized spacial score (nSPS) is 9.36. The third-order valence-electron chi connectivity index (χ3n) is 2.07. The van der Waals surface area contributed by atoms with Gasteiger partial charge in [0.25, 0.3) is 0 Å². The number of unbranched alkanes of at least 4 members (excludes halogenated alkanes) is 2. The van der Waals surface area contributed by atoms with E-state index in [0.29, 0.717) is 6.42 Å². The van der Waals surface area contributed by atoms with Gasteiger partial charge >= 0.3 is 0 Å². The standard InChI is InChI=1S/C13H14O/c1-2-3-4-8-11-13(14)12-9-6-5-7-10-12/h1,5-7,9-10H,3-4,8,11H2. The minimum Gasteiger partial charge on any atom is -0.294 e. The molecule has 0 saturated carbocycles. The molecule has 0 aliphatic carbocycles. The van der Waals surface area contributed by atoms with Crippen molar-refractivity contribution in [2.24, 2.45) is 0 Å². The monoisotopic (exact) mass is 186 g/mol. The largest absolute Gasteiger partial charge is 0.294 e. The lowest BCUT2D eigenvalue weighted by molar-refractivity contribution is 0.0979. The minimum atomic E-state index is 0.211. The van der Waals surface area contributed by atoms with Gasteiger partial charge in [-0.2, -0.15) is 0 Å². The van der Waals surface area contributed by atoms with Crippen molar-refractivity contribution in [3.05, 3.63) is 35.9 Å². The van der Waals surface area contributed by atoms with E-state index in [2.05, 4.69) is 5.92 Å². The molecule has 0 aliphatic heterocycles. The molecule has 0 aliphatic rings. The van der Waals surface area contributed by atoms with E-state index in [-0.39, 0.29) is 5.78 Å². The van der Waals surface area contributed by atoms with E-state index < -0.39 is 0 Å². The lowest BCUT2D eigenvalue weighted by atomic mass is 10.1. The van der Waals surface area contributed by atoms with Gasteiger partial charge in [0.2, 0.25) is 0 Å². The molecule has 0 radical (unpaired) electrons. The fraction of sp³-hybridized carbons (Fsp3) is 0.308. The van der Waals surface area contributed by atoms with E-state index in [1.54, 1.807) is 0 Å². The Morgan fingerprint density at radius 3 is 2.57 bits per heavy atom. The number of carbonyl (C=O) groups is 1. The first kappa shape index (κ1) is 10.5. The zero-order chi connectivity index (χ0) is 10.2. The van der Waals surface area contributed by atoms with Crippen molar-refractivity contribution in [3.63, 3.8) is 0 Å². The van der Waals surface area contributed by atoms with Crippen LogP contribution < -0.4 is 0 Å². The van der Waals surface area contributed by atoms with Gasteiger partial charge in [-0.1, -0.05) is 30.3 Å². The van der Waals surface area contributed by atoms with Crippen LogP contribution in [0.15, 0.2) is 30.3 Å². The lowest BCUT2D eigenvalue weighted by Crippen LogP contribution is -1.97. The second-order valence-corrected chi connectivity index (χ2v) is 3.20. The molecule has 0 heterocycles. The smallest absolute Gasteiger partial charge is 0.162 e. The highest BCUT2D eigenvalue weighted by molar-refractivity contribution is 5.95. The zero-order valence-corrected chi connectivity index (χ0v) is 8.20. The summed E-state index contributed by atoms with van der Waals surface area (Å²) in [5.74, 6) is 2.78. The number of Topliss-reactive ketones (excluding diaryl/α,β-unsaturated/α-hetero) is 1. The van der Waals surface area contributed by atoms with Crippen LogP contribution in [0.5, 0.6) is 0 Å². The van der Waals surface area contributed by atoms with Crippen molar-refractivity contribution in [2.75, 3.05) is 0 Å². The molecule has 14 heavy (non-hydrogen) atoms. The number of ketones is 1. The van der Waals surface area contributed by atoms with Crippen LogP contribution in [0, 0.1) is 12.3 Å².